The van der Waals surface area contributed by atoms with Crippen LogP contribution in [0.5, 0.6) is 11.5 Å². The average molecular weight is 519 g/mol. The number of aryl methyl sites for hydroxylation is 1. The van der Waals surface area contributed by atoms with Gasteiger partial charge in [0.25, 0.3) is 5.91 Å². The van der Waals surface area contributed by atoms with Crippen LogP contribution in [0.2, 0.25) is 0 Å². The molecule has 3 atom stereocenters. The molecule has 39 heavy (non-hydrogen) atoms. The first-order valence-electron chi connectivity index (χ1n) is 13.4. The predicted molar refractivity (Wildman–Crippen MR) is 157 cm³/mol. The number of carbonyl (C=O) groups is 1. The number of fused-ring (bicyclic) bond motifs is 2. The maximum atomic E-state index is 13.9. The highest BCUT2D eigenvalue weighted by Gasteiger charge is 2.27. The highest BCUT2D eigenvalue weighted by atomic mass is 16.5. The van der Waals surface area contributed by atoms with Crippen molar-refractivity contribution in [3.8, 4) is 11.5 Å². The third-order valence-corrected chi connectivity index (χ3v) is 7.12. The Labute approximate surface area is 230 Å². The van der Waals surface area contributed by atoms with Crippen molar-refractivity contribution < 1.29 is 14.6 Å². The van der Waals surface area contributed by atoms with Gasteiger partial charge in [0.2, 0.25) is 0 Å². The zero-order chi connectivity index (χ0) is 27.2. The van der Waals surface area contributed by atoms with Crippen LogP contribution in [0.25, 0.3) is 11.6 Å². The molecule has 3 N–H and O–H groups in total. The van der Waals surface area contributed by atoms with E-state index in [9.17, 15) is 9.90 Å². The maximum Gasteiger partial charge on any atom is 0.252 e. The second-order valence-electron chi connectivity index (χ2n) is 10.1. The minimum absolute atomic E-state index is 0.0534. The third kappa shape index (κ3) is 6.45. The first-order chi connectivity index (χ1) is 19.0. The van der Waals surface area contributed by atoms with Crippen LogP contribution in [0.1, 0.15) is 40.8 Å². The number of benzene rings is 4. The molecule has 0 aliphatic carbocycles. The van der Waals surface area contributed by atoms with E-state index in [-0.39, 0.29) is 11.9 Å². The van der Waals surface area contributed by atoms with E-state index in [0.29, 0.717) is 35.6 Å². The maximum absolute atomic E-state index is 13.9. The number of hydrogen-bond donors (Lipinski definition) is 3. The molecule has 0 fully saturated rings. The number of hydrogen-bond acceptors (Lipinski definition) is 4. The second kappa shape index (κ2) is 12.1. The van der Waals surface area contributed by atoms with Gasteiger partial charge in [-0.1, -0.05) is 96.6 Å². The van der Waals surface area contributed by atoms with Crippen LogP contribution in [0.3, 0.4) is 0 Å². The predicted octanol–water partition coefficient (Wildman–Crippen LogP) is 6.08. The fourth-order valence-electron chi connectivity index (χ4n) is 4.90. The average Bonchev–Trinajstić information content (AvgIpc) is 3.13. The lowest BCUT2D eigenvalue weighted by atomic mass is 9.97. The minimum atomic E-state index is -0.813. The molecule has 0 saturated carbocycles. The Morgan fingerprint density at radius 3 is 2.38 bits per heavy atom. The zero-order valence-electron chi connectivity index (χ0n) is 22.3. The van der Waals surface area contributed by atoms with Gasteiger partial charge in [-0.05, 0) is 49.6 Å². The molecule has 1 amide bonds. The number of carbonyl (C=O) groups excluding carboxylic acids is 1. The summed E-state index contributed by atoms with van der Waals surface area (Å²) in [5.74, 6) is 1.06. The van der Waals surface area contributed by atoms with Crippen LogP contribution >= 0.6 is 0 Å². The summed E-state index contributed by atoms with van der Waals surface area (Å²) in [6.45, 7) is 4.48. The van der Waals surface area contributed by atoms with Crippen molar-refractivity contribution in [2.24, 2.45) is 0 Å². The van der Waals surface area contributed by atoms with Crippen LogP contribution < -0.4 is 15.4 Å². The molecule has 0 bridgehead atoms. The lowest BCUT2D eigenvalue weighted by molar-refractivity contribution is -0.117. The Morgan fingerprint density at radius 2 is 1.59 bits per heavy atom. The van der Waals surface area contributed by atoms with Crippen molar-refractivity contribution in [1.82, 2.24) is 10.6 Å². The summed E-state index contributed by atoms with van der Waals surface area (Å²) in [6.07, 6.45) is 1.54. The van der Waals surface area contributed by atoms with Crippen molar-refractivity contribution in [2.75, 3.05) is 6.54 Å². The normalized spacial score (nSPS) is 14.5. The first kappa shape index (κ1) is 26.4. The van der Waals surface area contributed by atoms with Gasteiger partial charge in [0.05, 0.1) is 17.7 Å². The van der Waals surface area contributed by atoms with Crippen molar-refractivity contribution in [3.05, 3.63) is 131 Å². The molecule has 5 heteroatoms. The van der Waals surface area contributed by atoms with E-state index in [1.54, 1.807) is 0 Å². The Morgan fingerprint density at radius 1 is 0.872 bits per heavy atom. The molecule has 1 heterocycles. The van der Waals surface area contributed by atoms with E-state index >= 15 is 0 Å². The Hall–Kier alpha value is -4.19. The lowest BCUT2D eigenvalue weighted by Crippen LogP contribution is -2.49. The smallest absolute Gasteiger partial charge is 0.252 e. The molecule has 4 aromatic rings. The van der Waals surface area contributed by atoms with Gasteiger partial charge in [-0.15, -0.1) is 0 Å². The molecule has 5 nitrogen and oxygen atoms in total. The van der Waals surface area contributed by atoms with Crippen LogP contribution in [0, 0.1) is 6.92 Å². The Bertz CT molecular complexity index is 1460. The number of ether oxygens (including phenoxy) is 1. The SMILES string of the molecule is Cc1cccc(C(C)NC[C@@H](O)[C@H](Cc2ccccc2)NC(=O)C2=Cc3ccccc3Oc3ccccc32)c1. The van der Waals surface area contributed by atoms with Gasteiger partial charge in [0.1, 0.15) is 11.5 Å². The summed E-state index contributed by atoms with van der Waals surface area (Å²) in [5.41, 5.74) is 5.43. The van der Waals surface area contributed by atoms with Gasteiger partial charge < -0.3 is 20.5 Å². The summed E-state index contributed by atoms with van der Waals surface area (Å²) < 4.78 is 6.15. The lowest BCUT2D eigenvalue weighted by Gasteiger charge is -2.27. The van der Waals surface area contributed by atoms with E-state index in [1.807, 2.05) is 91.0 Å². The van der Waals surface area contributed by atoms with E-state index in [2.05, 4.69) is 42.7 Å². The molecule has 1 aliphatic rings. The quantitative estimate of drug-likeness (QED) is 0.251. The van der Waals surface area contributed by atoms with Crippen LogP contribution in [-0.2, 0) is 11.2 Å². The number of rotatable bonds is 9. The highest BCUT2D eigenvalue weighted by Crippen LogP contribution is 2.37. The van der Waals surface area contributed by atoms with E-state index in [0.717, 1.165) is 16.7 Å². The van der Waals surface area contributed by atoms with Crippen molar-refractivity contribution in [1.29, 1.82) is 0 Å². The zero-order valence-corrected chi connectivity index (χ0v) is 22.3. The fourth-order valence-corrected chi connectivity index (χ4v) is 4.90. The third-order valence-electron chi connectivity index (χ3n) is 7.12. The topological polar surface area (TPSA) is 70.6 Å². The molecule has 4 aromatic carbocycles. The summed E-state index contributed by atoms with van der Waals surface area (Å²) >= 11 is 0. The largest absolute Gasteiger partial charge is 0.456 e. The minimum Gasteiger partial charge on any atom is -0.456 e. The summed E-state index contributed by atoms with van der Waals surface area (Å²) in [7, 11) is 0. The fraction of sp³-hybridized carbons (Fsp3) is 0.206. The highest BCUT2D eigenvalue weighted by molar-refractivity contribution is 6.25. The molecule has 1 unspecified atom stereocenters. The van der Waals surface area contributed by atoms with Crippen molar-refractivity contribution >= 4 is 17.6 Å². The summed E-state index contributed by atoms with van der Waals surface area (Å²) in [4.78, 5) is 13.9. The van der Waals surface area contributed by atoms with E-state index < -0.39 is 12.1 Å². The van der Waals surface area contributed by atoms with Crippen molar-refractivity contribution in [2.45, 2.75) is 38.5 Å². The monoisotopic (exact) mass is 518 g/mol. The number of amides is 1. The molecule has 0 radical (unpaired) electrons. The van der Waals surface area contributed by atoms with Gasteiger partial charge in [-0.2, -0.15) is 0 Å². The van der Waals surface area contributed by atoms with E-state index in [4.69, 9.17) is 4.74 Å². The van der Waals surface area contributed by atoms with E-state index in [1.165, 1.54) is 5.56 Å². The Kier molecular flexibility index (Phi) is 8.21. The van der Waals surface area contributed by atoms with Gasteiger partial charge in [0, 0.05) is 23.7 Å². The first-order valence-corrected chi connectivity index (χ1v) is 13.4. The molecule has 0 saturated heterocycles. The van der Waals surface area contributed by atoms with Crippen LogP contribution in [0.15, 0.2) is 103 Å². The number of aliphatic hydroxyl groups excluding tert-OH is 1. The molecule has 5 rings (SSSR count). The summed E-state index contributed by atoms with van der Waals surface area (Å²) in [6, 6.07) is 33.0. The second-order valence-corrected chi connectivity index (χ2v) is 10.1. The van der Waals surface area contributed by atoms with Gasteiger partial charge in [-0.25, -0.2) is 0 Å². The Balaban J connectivity index is 1.39. The molecule has 0 aromatic heterocycles. The molecular formula is C34H34N2O3. The number of nitrogens with one attached hydrogen (secondary N) is 2. The summed E-state index contributed by atoms with van der Waals surface area (Å²) in [5, 5.41) is 18.0. The van der Waals surface area contributed by atoms with Gasteiger partial charge in [0.15, 0.2) is 0 Å². The standard InChI is InChI=1S/C34H34N2O3/c1-23-11-10-15-26(19-23)24(2)35-22-31(37)30(20-25-12-4-3-5-13-25)36-34(38)29-21-27-14-6-8-17-32(27)39-33-18-9-7-16-28(29)33/h3-19,21,24,30-31,35,37H,20,22H2,1-2H3,(H,36,38)/t24?,30-,31+/m0/s1. The van der Waals surface area contributed by atoms with Gasteiger partial charge in [-0.3, -0.25) is 4.79 Å². The molecule has 198 valence electrons. The molecule has 0 spiro atoms. The van der Waals surface area contributed by atoms with Gasteiger partial charge >= 0.3 is 0 Å². The molecular weight excluding hydrogens is 484 g/mol. The van der Waals surface area contributed by atoms with Crippen molar-refractivity contribution in [3.63, 3.8) is 0 Å². The number of aliphatic hydroxyl groups is 1. The van der Waals surface area contributed by atoms with Crippen LogP contribution in [-0.4, -0.2) is 29.7 Å². The molecule has 1 aliphatic heterocycles. The number of para-hydroxylation sites is 2. The van der Waals surface area contributed by atoms with Crippen LogP contribution in [0.4, 0.5) is 0 Å².